The number of aromatic nitrogens is 2. The number of fused-ring (bicyclic) bond motifs is 1. The van der Waals surface area contributed by atoms with E-state index >= 15 is 0 Å². The molecule has 8 heteroatoms. The van der Waals surface area contributed by atoms with Crippen molar-refractivity contribution in [2.24, 2.45) is 5.10 Å². The van der Waals surface area contributed by atoms with Crippen molar-refractivity contribution in [1.29, 1.82) is 0 Å². The molecule has 2 aromatic heterocycles. The molecule has 3 rings (SSSR count). The SMILES string of the molecule is COc1ccc(OC)c(/C=N\NC(=O)c2c(C)nc3ccc(Br)cn23)c1. The van der Waals surface area contributed by atoms with Gasteiger partial charge in [-0.25, -0.2) is 10.4 Å². The molecule has 3 aromatic rings. The molecule has 0 aliphatic heterocycles. The maximum atomic E-state index is 12.6. The monoisotopic (exact) mass is 416 g/mol. The summed E-state index contributed by atoms with van der Waals surface area (Å²) < 4.78 is 13.0. The number of hydrazone groups is 1. The van der Waals surface area contributed by atoms with E-state index in [4.69, 9.17) is 9.47 Å². The summed E-state index contributed by atoms with van der Waals surface area (Å²) in [6.45, 7) is 1.78. The molecule has 2 heterocycles. The zero-order chi connectivity index (χ0) is 18.7. The lowest BCUT2D eigenvalue weighted by molar-refractivity contribution is 0.0948. The quantitative estimate of drug-likeness (QED) is 0.511. The molecule has 0 bridgehead atoms. The minimum absolute atomic E-state index is 0.355. The second-order valence-corrected chi connectivity index (χ2v) is 6.34. The third-order valence-electron chi connectivity index (χ3n) is 3.78. The van der Waals surface area contributed by atoms with Crippen molar-refractivity contribution in [3.8, 4) is 11.5 Å². The highest BCUT2D eigenvalue weighted by molar-refractivity contribution is 9.10. The largest absolute Gasteiger partial charge is 0.497 e. The number of aryl methyl sites for hydroxylation is 1. The average molecular weight is 417 g/mol. The summed E-state index contributed by atoms with van der Waals surface area (Å²) in [6, 6.07) is 9.03. The van der Waals surface area contributed by atoms with Crippen molar-refractivity contribution >= 4 is 33.7 Å². The zero-order valence-electron chi connectivity index (χ0n) is 14.5. The number of halogens is 1. The fraction of sp³-hybridized carbons (Fsp3) is 0.167. The molecule has 1 N–H and O–H groups in total. The van der Waals surface area contributed by atoms with Gasteiger partial charge in [0.25, 0.3) is 5.91 Å². The van der Waals surface area contributed by atoms with E-state index in [1.165, 1.54) is 6.21 Å². The van der Waals surface area contributed by atoms with Crippen LogP contribution in [0.1, 0.15) is 21.7 Å². The van der Waals surface area contributed by atoms with Crippen molar-refractivity contribution < 1.29 is 14.3 Å². The number of nitrogens with zero attached hydrogens (tertiary/aromatic N) is 3. The van der Waals surface area contributed by atoms with E-state index in [2.05, 4.69) is 31.4 Å². The number of rotatable bonds is 5. The molecule has 0 fully saturated rings. The van der Waals surface area contributed by atoms with Crippen molar-refractivity contribution in [3.05, 3.63) is 58.0 Å². The van der Waals surface area contributed by atoms with E-state index in [1.807, 2.05) is 12.1 Å². The molecule has 0 spiro atoms. The van der Waals surface area contributed by atoms with Crippen molar-refractivity contribution in [3.63, 3.8) is 0 Å². The predicted octanol–water partition coefficient (Wildman–Crippen LogP) is 3.19. The highest BCUT2D eigenvalue weighted by Crippen LogP contribution is 2.22. The summed E-state index contributed by atoms with van der Waals surface area (Å²) >= 11 is 3.40. The fourth-order valence-corrected chi connectivity index (χ4v) is 2.90. The number of amides is 1. The Labute approximate surface area is 158 Å². The lowest BCUT2D eigenvalue weighted by Crippen LogP contribution is -2.20. The number of pyridine rings is 1. The predicted molar refractivity (Wildman–Crippen MR) is 102 cm³/mol. The summed E-state index contributed by atoms with van der Waals surface area (Å²) in [5.41, 5.74) is 4.95. The number of carbonyl (C=O) groups excluding carboxylic acids is 1. The number of benzene rings is 1. The third-order valence-corrected chi connectivity index (χ3v) is 4.25. The first-order chi connectivity index (χ1) is 12.5. The van der Waals surface area contributed by atoms with Gasteiger partial charge < -0.3 is 9.47 Å². The van der Waals surface area contributed by atoms with Crippen LogP contribution in [0.4, 0.5) is 0 Å². The molecule has 0 saturated heterocycles. The van der Waals surface area contributed by atoms with Gasteiger partial charge in [0.2, 0.25) is 0 Å². The van der Waals surface area contributed by atoms with Crippen LogP contribution in [0.3, 0.4) is 0 Å². The van der Waals surface area contributed by atoms with Gasteiger partial charge in [-0.3, -0.25) is 9.20 Å². The lowest BCUT2D eigenvalue weighted by atomic mass is 10.2. The van der Waals surface area contributed by atoms with Crippen molar-refractivity contribution in [1.82, 2.24) is 14.8 Å². The van der Waals surface area contributed by atoms with E-state index in [0.29, 0.717) is 34.1 Å². The summed E-state index contributed by atoms with van der Waals surface area (Å²) in [5, 5.41) is 4.04. The minimum atomic E-state index is -0.355. The van der Waals surface area contributed by atoms with Crippen LogP contribution in [0.2, 0.25) is 0 Å². The van der Waals surface area contributed by atoms with E-state index in [9.17, 15) is 4.79 Å². The van der Waals surface area contributed by atoms with Crippen LogP contribution < -0.4 is 14.9 Å². The molecule has 134 valence electrons. The van der Waals surface area contributed by atoms with Gasteiger partial charge in [0, 0.05) is 16.2 Å². The Hall–Kier alpha value is -2.87. The first-order valence-electron chi connectivity index (χ1n) is 7.73. The van der Waals surface area contributed by atoms with Crippen LogP contribution in [-0.4, -0.2) is 35.7 Å². The summed E-state index contributed by atoms with van der Waals surface area (Å²) in [4.78, 5) is 16.9. The average Bonchev–Trinajstić information content (AvgIpc) is 2.96. The van der Waals surface area contributed by atoms with E-state index < -0.39 is 0 Å². The molecule has 0 unspecified atom stereocenters. The van der Waals surface area contributed by atoms with E-state index in [-0.39, 0.29) is 5.91 Å². The highest BCUT2D eigenvalue weighted by Gasteiger charge is 2.16. The number of imidazole rings is 1. The van der Waals surface area contributed by atoms with Crippen LogP contribution >= 0.6 is 15.9 Å². The molecule has 0 aliphatic carbocycles. The van der Waals surface area contributed by atoms with Crippen LogP contribution in [0.15, 0.2) is 46.1 Å². The van der Waals surface area contributed by atoms with Crippen molar-refractivity contribution in [2.75, 3.05) is 14.2 Å². The van der Waals surface area contributed by atoms with E-state index in [0.717, 1.165) is 4.47 Å². The van der Waals surface area contributed by atoms with Gasteiger partial charge in [-0.15, -0.1) is 0 Å². The minimum Gasteiger partial charge on any atom is -0.497 e. The number of methoxy groups -OCH3 is 2. The van der Waals surface area contributed by atoms with Gasteiger partial charge in [0.1, 0.15) is 22.8 Å². The third kappa shape index (κ3) is 3.55. The van der Waals surface area contributed by atoms with Crippen LogP contribution in [-0.2, 0) is 0 Å². The summed E-state index contributed by atoms with van der Waals surface area (Å²) in [5.74, 6) is 0.936. The molecule has 0 aliphatic rings. The Kier molecular flexibility index (Phi) is 5.22. The molecule has 1 amide bonds. The summed E-state index contributed by atoms with van der Waals surface area (Å²) in [7, 11) is 3.15. The van der Waals surface area contributed by atoms with E-state index in [1.54, 1.807) is 49.9 Å². The number of hydrogen-bond acceptors (Lipinski definition) is 5. The van der Waals surface area contributed by atoms with Gasteiger partial charge in [0.15, 0.2) is 0 Å². The summed E-state index contributed by atoms with van der Waals surface area (Å²) in [6.07, 6.45) is 3.30. The Balaban J connectivity index is 1.85. The van der Waals surface area contributed by atoms with Crippen LogP contribution in [0, 0.1) is 6.92 Å². The first kappa shape index (κ1) is 17.9. The Morgan fingerprint density at radius 3 is 2.81 bits per heavy atom. The normalized spacial score (nSPS) is 11.1. The topological polar surface area (TPSA) is 77.2 Å². The molecular formula is C18H17BrN4O3. The Bertz CT molecular complexity index is 998. The van der Waals surface area contributed by atoms with Gasteiger partial charge in [-0.05, 0) is 53.2 Å². The molecule has 0 atom stereocenters. The Morgan fingerprint density at radius 1 is 1.27 bits per heavy atom. The van der Waals surface area contributed by atoms with Gasteiger partial charge >= 0.3 is 0 Å². The number of hydrogen-bond donors (Lipinski definition) is 1. The van der Waals surface area contributed by atoms with Gasteiger partial charge in [-0.2, -0.15) is 5.10 Å². The smallest absolute Gasteiger partial charge is 0.290 e. The molecule has 0 radical (unpaired) electrons. The molecule has 7 nitrogen and oxygen atoms in total. The Morgan fingerprint density at radius 2 is 2.08 bits per heavy atom. The number of nitrogens with one attached hydrogen (secondary N) is 1. The standard InChI is InChI=1S/C18H17BrN4O3/c1-11-17(23-10-13(19)4-7-16(23)21-11)18(24)22-20-9-12-8-14(25-2)5-6-15(12)26-3/h4-10H,1-3H3,(H,22,24)/b20-9-. The highest BCUT2D eigenvalue weighted by atomic mass is 79.9. The fourth-order valence-electron chi connectivity index (χ4n) is 2.56. The maximum Gasteiger partial charge on any atom is 0.290 e. The number of ether oxygens (including phenoxy) is 2. The van der Waals surface area contributed by atoms with Gasteiger partial charge in [-0.1, -0.05) is 0 Å². The van der Waals surface area contributed by atoms with Crippen LogP contribution in [0.25, 0.3) is 5.65 Å². The molecule has 26 heavy (non-hydrogen) atoms. The molecule has 1 aromatic carbocycles. The first-order valence-corrected chi connectivity index (χ1v) is 8.52. The maximum absolute atomic E-state index is 12.6. The molecular weight excluding hydrogens is 400 g/mol. The van der Waals surface area contributed by atoms with Gasteiger partial charge in [0.05, 0.1) is 26.1 Å². The second-order valence-electron chi connectivity index (χ2n) is 5.43. The van der Waals surface area contributed by atoms with Crippen molar-refractivity contribution in [2.45, 2.75) is 6.92 Å². The van der Waals surface area contributed by atoms with Crippen LogP contribution in [0.5, 0.6) is 11.5 Å². The molecule has 0 saturated carbocycles. The number of carbonyl (C=O) groups is 1. The second kappa shape index (κ2) is 7.57. The zero-order valence-corrected chi connectivity index (χ0v) is 16.1. The lowest BCUT2D eigenvalue weighted by Gasteiger charge is -2.07.